The fraction of sp³-hybridized carbons (Fsp3) is 0.500. The summed E-state index contributed by atoms with van der Waals surface area (Å²) in [7, 11) is 1.66. The van der Waals surface area contributed by atoms with E-state index in [1.807, 2.05) is 6.07 Å². The molecule has 0 fully saturated rings. The number of likely N-dealkylation sites (N-methyl/N-ethyl adjacent to an activating group) is 1. The second-order valence-electron chi connectivity index (χ2n) is 4.57. The highest BCUT2D eigenvalue weighted by atomic mass is 16.5. The number of hydrogen-bond donors (Lipinski definition) is 1. The van der Waals surface area contributed by atoms with Crippen LogP contribution in [0.4, 0.5) is 5.69 Å². The minimum Gasteiger partial charge on any atom is -0.497 e. The lowest BCUT2D eigenvalue weighted by atomic mass is 10.1. The van der Waals surface area contributed by atoms with Gasteiger partial charge in [-0.2, -0.15) is 0 Å². The van der Waals surface area contributed by atoms with E-state index < -0.39 is 5.97 Å². The molecule has 18 heavy (non-hydrogen) atoms. The molecule has 98 valence electrons. The van der Waals surface area contributed by atoms with Crippen LogP contribution in [0, 0.1) is 0 Å². The minimum atomic E-state index is -0.723. The standard InChI is InChI=1S/C14H19NO3/c1-3-15-11(4-7-14(16)17)8-10-9-12(18-2)5-6-13(10)15/h5-6,9,11H,3-4,7-8H2,1-2H3,(H,16,17). The summed E-state index contributed by atoms with van der Waals surface area (Å²) in [6.45, 7) is 3.01. The molecule has 1 aliphatic heterocycles. The van der Waals surface area contributed by atoms with Crippen molar-refractivity contribution < 1.29 is 14.6 Å². The molecule has 0 bridgehead atoms. The predicted octanol–water partition coefficient (Wildman–Crippen LogP) is 2.31. The summed E-state index contributed by atoms with van der Waals surface area (Å²) in [6.07, 6.45) is 1.83. The zero-order valence-corrected chi connectivity index (χ0v) is 10.8. The Hall–Kier alpha value is -1.71. The van der Waals surface area contributed by atoms with Gasteiger partial charge in [0.1, 0.15) is 5.75 Å². The summed E-state index contributed by atoms with van der Waals surface area (Å²) in [4.78, 5) is 13.0. The van der Waals surface area contributed by atoms with Crippen LogP contribution in [0.1, 0.15) is 25.3 Å². The van der Waals surface area contributed by atoms with Crippen molar-refractivity contribution in [1.82, 2.24) is 0 Å². The van der Waals surface area contributed by atoms with Gasteiger partial charge in [-0.05, 0) is 43.5 Å². The summed E-state index contributed by atoms with van der Waals surface area (Å²) in [5.41, 5.74) is 2.47. The number of carbonyl (C=O) groups is 1. The number of rotatable bonds is 5. The lowest BCUT2D eigenvalue weighted by molar-refractivity contribution is -0.137. The highest BCUT2D eigenvalue weighted by Gasteiger charge is 2.28. The number of aliphatic carboxylic acids is 1. The zero-order chi connectivity index (χ0) is 13.1. The molecule has 1 N–H and O–H groups in total. The average Bonchev–Trinajstić information content (AvgIpc) is 2.72. The van der Waals surface area contributed by atoms with Crippen molar-refractivity contribution >= 4 is 11.7 Å². The number of hydrogen-bond acceptors (Lipinski definition) is 3. The third kappa shape index (κ3) is 2.42. The van der Waals surface area contributed by atoms with E-state index >= 15 is 0 Å². The largest absolute Gasteiger partial charge is 0.497 e. The Morgan fingerprint density at radius 2 is 2.33 bits per heavy atom. The molecule has 0 aliphatic carbocycles. The quantitative estimate of drug-likeness (QED) is 0.870. The molecule has 1 aliphatic rings. The van der Waals surface area contributed by atoms with Gasteiger partial charge in [0.25, 0.3) is 0 Å². The van der Waals surface area contributed by atoms with Crippen LogP contribution < -0.4 is 9.64 Å². The SMILES string of the molecule is CCN1c2ccc(OC)cc2CC1CCC(=O)O. The Bertz CT molecular complexity index is 445. The Balaban J connectivity index is 2.16. The average molecular weight is 249 g/mol. The van der Waals surface area contributed by atoms with Crippen molar-refractivity contribution in [2.75, 3.05) is 18.6 Å². The number of fused-ring (bicyclic) bond motifs is 1. The van der Waals surface area contributed by atoms with Crippen molar-refractivity contribution in [3.8, 4) is 5.75 Å². The first kappa shape index (κ1) is 12.7. The van der Waals surface area contributed by atoms with Crippen molar-refractivity contribution in [3.05, 3.63) is 23.8 Å². The number of ether oxygens (including phenoxy) is 1. The topological polar surface area (TPSA) is 49.8 Å². The van der Waals surface area contributed by atoms with Gasteiger partial charge in [-0.3, -0.25) is 4.79 Å². The van der Waals surface area contributed by atoms with Crippen LogP contribution in [0.5, 0.6) is 5.75 Å². The number of carboxylic acid groups (broad SMARTS) is 1. The number of benzene rings is 1. The van der Waals surface area contributed by atoms with E-state index in [9.17, 15) is 4.79 Å². The lowest BCUT2D eigenvalue weighted by Gasteiger charge is -2.25. The first-order chi connectivity index (χ1) is 8.65. The molecule has 4 nitrogen and oxygen atoms in total. The highest BCUT2D eigenvalue weighted by Crippen LogP contribution is 2.35. The van der Waals surface area contributed by atoms with E-state index in [1.54, 1.807) is 7.11 Å². The maximum atomic E-state index is 10.7. The van der Waals surface area contributed by atoms with Crippen molar-refractivity contribution in [2.45, 2.75) is 32.2 Å². The Morgan fingerprint density at radius 3 is 2.94 bits per heavy atom. The molecule has 0 spiro atoms. The molecule has 1 atom stereocenters. The smallest absolute Gasteiger partial charge is 0.303 e. The summed E-state index contributed by atoms with van der Waals surface area (Å²) in [5, 5.41) is 8.79. The Labute approximate surface area is 107 Å². The fourth-order valence-corrected chi connectivity index (χ4v) is 2.67. The van der Waals surface area contributed by atoms with Gasteiger partial charge in [0.2, 0.25) is 0 Å². The number of methoxy groups -OCH3 is 1. The maximum Gasteiger partial charge on any atom is 0.303 e. The summed E-state index contributed by atoms with van der Waals surface area (Å²) in [6, 6.07) is 6.38. The third-order valence-electron chi connectivity index (χ3n) is 3.52. The molecule has 4 heteroatoms. The molecule has 1 heterocycles. The second-order valence-corrected chi connectivity index (χ2v) is 4.57. The van der Waals surface area contributed by atoms with Gasteiger partial charge in [-0.1, -0.05) is 0 Å². The molecule has 0 radical (unpaired) electrons. The highest BCUT2D eigenvalue weighted by molar-refractivity contribution is 5.67. The summed E-state index contributed by atoms with van der Waals surface area (Å²) < 4.78 is 5.23. The monoisotopic (exact) mass is 249 g/mol. The molecular formula is C14H19NO3. The molecular weight excluding hydrogens is 230 g/mol. The van der Waals surface area contributed by atoms with E-state index in [4.69, 9.17) is 9.84 Å². The van der Waals surface area contributed by atoms with Crippen LogP contribution >= 0.6 is 0 Å². The molecule has 0 amide bonds. The normalized spacial score (nSPS) is 17.7. The minimum absolute atomic E-state index is 0.228. The molecule has 2 rings (SSSR count). The third-order valence-corrected chi connectivity index (χ3v) is 3.52. The van der Waals surface area contributed by atoms with E-state index in [1.165, 1.54) is 11.3 Å². The molecule has 1 aromatic carbocycles. The molecule has 1 unspecified atom stereocenters. The number of nitrogens with zero attached hydrogens (tertiary/aromatic N) is 1. The van der Waals surface area contributed by atoms with Crippen LogP contribution in [-0.4, -0.2) is 30.8 Å². The van der Waals surface area contributed by atoms with E-state index in [-0.39, 0.29) is 6.42 Å². The van der Waals surface area contributed by atoms with Crippen molar-refractivity contribution in [2.24, 2.45) is 0 Å². The number of carboxylic acids is 1. The van der Waals surface area contributed by atoms with Crippen LogP contribution in [0.25, 0.3) is 0 Å². The van der Waals surface area contributed by atoms with Gasteiger partial charge < -0.3 is 14.7 Å². The van der Waals surface area contributed by atoms with Gasteiger partial charge >= 0.3 is 5.97 Å². The van der Waals surface area contributed by atoms with Gasteiger partial charge in [0.05, 0.1) is 7.11 Å². The summed E-state index contributed by atoms with van der Waals surface area (Å²) in [5.74, 6) is 0.142. The van der Waals surface area contributed by atoms with E-state index in [2.05, 4.69) is 24.0 Å². The molecule has 1 aromatic rings. The fourth-order valence-electron chi connectivity index (χ4n) is 2.67. The van der Waals surface area contributed by atoms with E-state index in [0.717, 1.165) is 18.7 Å². The Morgan fingerprint density at radius 1 is 1.56 bits per heavy atom. The van der Waals surface area contributed by atoms with Gasteiger partial charge in [0.15, 0.2) is 0 Å². The first-order valence-corrected chi connectivity index (χ1v) is 6.31. The molecule has 0 saturated heterocycles. The lowest BCUT2D eigenvalue weighted by Crippen LogP contribution is -2.32. The van der Waals surface area contributed by atoms with Gasteiger partial charge in [-0.25, -0.2) is 0 Å². The zero-order valence-electron chi connectivity index (χ0n) is 10.8. The number of anilines is 1. The first-order valence-electron chi connectivity index (χ1n) is 6.31. The van der Waals surface area contributed by atoms with E-state index in [0.29, 0.717) is 12.5 Å². The van der Waals surface area contributed by atoms with Gasteiger partial charge in [0, 0.05) is 24.7 Å². The second kappa shape index (κ2) is 5.29. The molecule has 0 aromatic heterocycles. The summed E-state index contributed by atoms with van der Waals surface area (Å²) >= 11 is 0. The van der Waals surface area contributed by atoms with Gasteiger partial charge in [-0.15, -0.1) is 0 Å². The molecule has 0 saturated carbocycles. The van der Waals surface area contributed by atoms with Crippen LogP contribution in [0.15, 0.2) is 18.2 Å². The van der Waals surface area contributed by atoms with Crippen LogP contribution in [0.2, 0.25) is 0 Å². The van der Waals surface area contributed by atoms with Crippen LogP contribution in [-0.2, 0) is 11.2 Å². The maximum absolute atomic E-state index is 10.7. The van der Waals surface area contributed by atoms with Crippen molar-refractivity contribution in [3.63, 3.8) is 0 Å². The van der Waals surface area contributed by atoms with Crippen LogP contribution in [0.3, 0.4) is 0 Å². The van der Waals surface area contributed by atoms with Crippen molar-refractivity contribution in [1.29, 1.82) is 0 Å². The predicted molar refractivity (Wildman–Crippen MR) is 70.4 cm³/mol. The Kier molecular flexibility index (Phi) is 3.75.